The van der Waals surface area contributed by atoms with Crippen LogP contribution in [0.2, 0.25) is 0 Å². The van der Waals surface area contributed by atoms with Crippen LogP contribution in [0.4, 0.5) is 4.79 Å². The van der Waals surface area contributed by atoms with Gasteiger partial charge in [0.15, 0.2) is 11.2 Å². The molecule has 0 bridgehead atoms. The van der Waals surface area contributed by atoms with E-state index in [-0.39, 0.29) is 17.8 Å². The van der Waals surface area contributed by atoms with Crippen molar-refractivity contribution in [2.24, 2.45) is 14.1 Å². The fourth-order valence-corrected chi connectivity index (χ4v) is 2.13. The summed E-state index contributed by atoms with van der Waals surface area (Å²) in [6.45, 7) is 5.41. The molecule has 0 unspecified atom stereocenters. The van der Waals surface area contributed by atoms with Crippen LogP contribution in [0.1, 0.15) is 20.8 Å². The summed E-state index contributed by atoms with van der Waals surface area (Å²) in [5, 5.41) is 0. The number of hydrogen-bond donors (Lipinski definition) is 0. The SMILES string of the molecule is CN(Cn1cnc2c1c(=O)n(C)c(=O)n2C)C(=O)OC(C)(C)C. The highest BCUT2D eigenvalue weighted by atomic mass is 16.6. The number of aryl methyl sites for hydroxylation is 1. The van der Waals surface area contributed by atoms with Crippen LogP contribution >= 0.6 is 0 Å². The first-order valence-electron chi connectivity index (χ1n) is 7.08. The Labute approximate surface area is 132 Å². The molecule has 9 heteroatoms. The molecule has 2 aromatic heterocycles. The summed E-state index contributed by atoms with van der Waals surface area (Å²) in [5.74, 6) is 0. The van der Waals surface area contributed by atoms with E-state index >= 15 is 0 Å². The standard InChI is InChI=1S/C14H21N5O4/c1-14(2,3)23-13(22)16(4)8-19-7-15-10-9(19)11(20)18(6)12(21)17(10)5/h7H,8H2,1-6H3. The van der Waals surface area contributed by atoms with Gasteiger partial charge in [-0.25, -0.2) is 14.6 Å². The Hall–Kier alpha value is -2.58. The maximum absolute atomic E-state index is 12.3. The monoisotopic (exact) mass is 323 g/mol. The summed E-state index contributed by atoms with van der Waals surface area (Å²) in [7, 11) is 4.50. The molecule has 0 aliphatic rings. The Morgan fingerprint density at radius 2 is 1.87 bits per heavy atom. The first-order valence-corrected chi connectivity index (χ1v) is 7.08. The van der Waals surface area contributed by atoms with E-state index < -0.39 is 22.9 Å². The lowest BCUT2D eigenvalue weighted by Gasteiger charge is -2.24. The zero-order chi connectivity index (χ0) is 17.5. The summed E-state index contributed by atoms with van der Waals surface area (Å²) >= 11 is 0. The van der Waals surface area contributed by atoms with Crippen molar-refractivity contribution in [2.75, 3.05) is 7.05 Å². The second-order valence-electron chi connectivity index (χ2n) is 6.41. The number of imidazole rings is 1. The molecule has 0 N–H and O–H groups in total. The van der Waals surface area contributed by atoms with E-state index in [0.717, 1.165) is 4.57 Å². The molecular weight excluding hydrogens is 302 g/mol. The van der Waals surface area contributed by atoms with Crippen molar-refractivity contribution in [3.05, 3.63) is 27.2 Å². The molecule has 2 heterocycles. The van der Waals surface area contributed by atoms with Gasteiger partial charge in [0.05, 0.1) is 6.33 Å². The van der Waals surface area contributed by atoms with E-state index in [1.54, 1.807) is 34.9 Å². The number of aromatic nitrogens is 4. The van der Waals surface area contributed by atoms with Gasteiger partial charge in [0.2, 0.25) is 0 Å². The smallest absolute Gasteiger partial charge is 0.411 e. The summed E-state index contributed by atoms with van der Waals surface area (Å²) in [5.41, 5.74) is -0.991. The van der Waals surface area contributed by atoms with Crippen LogP contribution in [0.5, 0.6) is 0 Å². The van der Waals surface area contributed by atoms with Crippen molar-refractivity contribution in [3.8, 4) is 0 Å². The van der Waals surface area contributed by atoms with Gasteiger partial charge >= 0.3 is 11.8 Å². The maximum Gasteiger partial charge on any atom is 0.411 e. The lowest BCUT2D eigenvalue weighted by molar-refractivity contribution is 0.0249. The molecule has 0 aliphatic heterocycles. The van der Waals surface area contributed by atoms with Gasteiger partial charge in [0.25, 0.3) is 5.56 Å². The first kappa shape index (κ1) is 16.8. The molecule has 126 valence electrons. The molecule has 0 radical (unpaired) electrons. The summed E-state index contributed by atoms with van der Waals surface area (Å²) in [6.07, 6.45) is 0.910. The van der Waals surface area contributed by atoms with Gasteiger partial charge in [-0.15, -0.1) is 0 Å². The number of hydrogen-bond acceptors (Lipinski definition) is 5. The van der Waals surface area contributed by atoms with Gasteiger partial charge in [-0.05, 0) is 20.8 Å². The molecular formula is C14H21N5O4. The van der Waals surface area contributed by atoms with E-state index in [0.29, 0.717) is 0 Å². The zero-order valence-corrected chi connectivity index (χ0v) is 14.2. The number of nitrogens with zero attached hydrogens (tertiary/aromatic N) is 5. The molecule has 0 spiro atoms. The minimum atomic E-state index is -0.609. The van der Waals surface area contributed by atoms with Crippen LogP contribution < -0.4 is 11.2 Å². The van der Waals surface area contributed by atoms with Crippen LogP contribution in [0.15, 0.2) is 15.9 Å². The van der Waals surface area contributed by atoms with Gasteiger partial charge in [-0.3, -0.25) is 18.8 Å². The van der Waals surface area contributed by atoms with E-state index in [9.17, 15) is 14.4 Å². The lowest BCUT2D eigenvalue weighted by Crippen LogP contribution is -2.39. The van der Waals surface area contributed by atoms with E-state index in [1.165, 1.54) is 27.4 Å². The highest BCUT2D eigenvalue weighted by Gasteiger charge is 2.21. The average molecular weight is 323 g/mol. The van der Waals surface area contributed by atoms with E-state index in [4.69, 9.17) is 4.74 Å². The van der Waals surface area contributed by atoms with Gasteiger partial charge in [0, 0.05) is 21.1 Å². The average Bonchev–Trinajstić information content (AvgIpc) is 2.84. The van der Waals surface area contributed by atoms with Crippen molar-refractivity contribution in [1.82, 2.24) is 23.6 Å². The van der Waals surface area contributed by atoms with Crippen molar-refractivity contribution in [2.45, 2.75) is 33.0 Å². The molecule has 0 aromatic carbocycles. The van der Waals surface area contributed by atoms with Crippen LogP contribution in [-0.4, -0.2) is 42.3 Å². The third kappa shape index (κ3) is 3.13. The zero-order valence-electron chi connectivity index (χ0n) is 14.2. The third-order valence-corrected chi connectivity index (χ3v) is 3.29. The third-order valence-electron chi connectivity index (χ3n) is 3.29. The van der Waals surface area contributed by atoms with Crippen LogP contribution in [0, 0.1) is 0 Å². The maximum atomic E-state index is 12.3. The quantitative estimate of drug-likeness (QED) is 0.790. The Morgan fingerprint density at radius 3 is 2.43 bits per heavy atom. The minimum absolute atomic E-state index is 0.0822. The largest absolute Gasteiger partial charge is 0.444 e. The topological polar surface area (TPSA) is 91.4 Å². The van der Waals surface area contributed by atoms with Gasteiger partial charge < -0.3 is 9.30 Å². The highest BCUT2D eigenvalue weighted by molar-refractivity contribution is 5.71. The van der Waals surface area contributed by atoms with Crippen molar-refractivity contribution >= 4 is 17.3 Å². The molecule has 1 amide bonds. The predicted molar refractivity (Wildman–Crippen MR) is 84.2 cm³/mol. The first-order chi connectivity index (χ1) is 10.5. The second-order valence-corrected chi connectivity index (χ2v) is 6.41. The number of ether oxygens (including phenoxy) is 1. The fourth-order valence-electron chi connectivity index (χ4n) is 2.13. The van der Waals surface area contributed by atoms with Crippen LogP contribution in [0.25, 0.3) is 11.2 Å². The molecule has 0 saturated carbocycles. The van der Waals surface area contributed by atoms with Gasteiger partial charge in [-0.2, -0.15) is 0 Å². The Morgan fingerprint density at radius 1 is 1.26 bits per heavy atom. The van der Waals surface area contributed by atoms with E-state index in [1.807, 2.05) is 0 Å². The molecule has 0 saturated heterocycles. The number of amides is 1. The Balaban J connectivity index is 2.41. The summed E-state index contributed by atoms with van der Waals surface area (Å²) in [6, 6.07) is 0. The number of carbonyl (C=O) groups is 1. The molecule has 2 rings (SSSR count). The molecule has 9 nitrogen and oxygen atoms in total. The van der Waals surface area contributed by atoms with Crippen LogP contribution in [-0.2, 0) is 25.5 Å². The second kappa shape index (κ2) is 5.56. The number of fused-ring (bicyclic) bond motifs is 1. The highest BCUT2D eigenvalue weighted by Crippen LogP contribution is 2.11. The van der Waals surface area contributed by atoms with Crippen LogP contribution in [0.3, 0.4) is 0 Å². The summed E-state index contributed by atoms with van der Waals surface area (Å²) in [4.78, 5) is 41.7. The normalized spacial score (nSPS) is 11.7. The molecule has 2 aromatic rings. The van der Waals surface area contributed by atoms with Crippen molar-refractivity contribution in [3.63, 3.8) is 0 Å². The van der Waals surface area contributed by atoms with Crippen molar-refractivity contribution in [1.29, 1.82) is 0 Å². The Bertz CT molecular complexity index is 868. The van der Waals surface area contributed by atoms with Gasteiger partial charge in [0.1, 0.15) is 12.3 Å². The minimum Gasteiger partial charge on any atom is -0.444 e. The van der Waals surface area contributed by atoms with Crippen molar-refractivity contribution < 1.29 is 9.53 Å². The molecule has 23 heavy (non-hydrogen) atoms. The number of rotatable bonds is 2. The fraction of sp³-hybridized carbons (Fsp3) is 0.571. The molecule has 0 aliphatic carbocycles. The van der Waals surface area contributed by atoms with Gasteiger partial charge in [-0.1, -0.05) is 0 Å². The lowest BCUT2D eigenvalue weighted by atomic mass is 10.2. The van der Waals surface area contributed by atoms with E-state index in [2.05, 4.69) is 4.98 Å². The number of carbonyl (C=O) groups excluding carboxylic acids is 1. The predicted octanol–water partition coefficient (Wildman–Crippen LogP) is 0.258. The molecule has 0 fully saturated rings. The Kier molecular flexibility index (Phi) is 4.06. The summed E-state index contributed by atoms with van der Waals surface area (Å²) < 4.78 is 9.09. The molecule has 0 atom stereocenters.